The molecule has 11 atom stereocenters. The van der Waals surface area contributed by atoms with Crippen LogP contribution in [0.2, 0.25) is 0 Å². The van der Waals surface area contributed by atoms with Crippen molar-refractivity contribution >= 4 is 11.9 Å². The maximum Gasteiger partial charge on any atom is 0.303 e. The normalized spacial score (nSPS) is 46.6. The van der Waals surface area contributed by atoms with E-state index >= 15 is 0 Å². The summed E-state index contributed by atoms with van der Waals surface area (Å²) in [5.74, 6) is 2.70. The first kappa shape index (κ1) is 35.8. The second-order valence-electron chi connectivity index (χ2n) is 19.6. The van der Waals surface area contributed by atoms with Crippen LogP contribution in [0.25, 0.3) is 0 Å². The molecule has 0 aromatic heterocycles. The second kappa shape index (κ2) is 11.6. The lowest BCUT2D eigenvalue weighted by Gasteiger charge is -2.63. The monoisotopic (exact) mass is 696 g/mol. The molecule has 6 saturated carbocycles. The summed E-state index contributed by atoms with van der Waals surface area (Å²) >= 11 is 0. The van der Waals surface area contributed by atoms with E-state index in [0.29, 0.717) is 56.6 Å². The molecule has 0 bridgehead atoms. The molecule has 2 heterocycles. The van der Waals surface area contributed by atoms with E-state index in [0.717, 1.165) is 38.5 Å². The van der Waals surface area contributed by atoms with E-state index in [1.54, 1.807) is 19.8 Å². The molecular weight excluding hydrogens is 634 g/mol. The molecule has 0 aromatic carbocycles. The highest BCUT2D eigenvalue weighted by atomic mass is 16.7. The Hall–Kier alpha value is -1.26. The molecule has 8 rings (SSSR count). The first-order valence-corrected chi connectivity index (χ1v) is 19.8. The third-order valence-electron chi connectivity index (χ3n) is 16.1. The Balaban J connectivity index is 1.01. The smallest absolute Gasteiger partial charge is 0.303 e. The molecule has 2 N–H and O–H groups in total. The van der Waals surface area contributed by atoms with Crippen molar-refractivity contribution in [3.63, 3.8) is 0 Å². The van der Waals surface area contributed by atoms with Gasteiger partial charge >= 0.3 is 5.97 Å². The Kier molecular flexibility index (Phi) is 8.31. The van der Waals surface area contributed by atoms with E-state index in [1.165, 1.54) is 26.2 Å². The van der Waals surface area contributed by atoms with E-state index < -0.39 is 29.2 Å². The van der Waals surface area contributed by atoms with Gasteiger partial charge in [0.2, 0.25) is 5.91 Å². The number of fused-ring (bicyclic) bond motifs is 4. The van der Waals surface area contributed by atoms with Crippen LogP contribution in [-0.4, -0.2) is 76.9 Å². The standard InChI is InChI=1S/C41H62NO8/c1-23-19-26(35(37(5,6)46)48-24(2)43)49-33-32(23)38(7)15-16-41-22-40(41)14-13-29(36(3,4)27(40)11-12-28(41)39(38,8)34(33)45)50-31-21-42(17-18-47-31)30(44)20-25-9-10-25/h23,25,27,29,31-32,34-35,45-46H,9-22H2,1-8H3/t23-,27+,29+,31+,32+,34+,35+,38-,39-,40-,41+/m1/s1. The van der Waals surface area contributed by atoms with Gasteiger partial charge in [-0.05, 0) is 123 Å². The van der Waals surface area contributed by atoms with Crippen molar-refractivity contribution in [2.24, 2.45) is 50.7 Å². The number of hydrogen-bond acceptors (Lipinski definition) is 8. The predicted molar refractivity (Wildman–Crippen MR) is 185 cm³/mol. The number of aliphatic hydroxyl groups is 2. The fourth-order valence-corrected chi connectivity index (χ4v) is 13.4. The minimum atomic E-state index is -1.32. The van der Waals surface area contributed by atoms with E-state index in [4.69, 9.17) is 18.9 Å². The molecule has 0 aromatic rings. The van der Waals surface area contributed by atoms with Gasteiger partial charge in [-0.15, -0.1) is 0 Å². The van der Waals surface area contributed by atoms with Crippen LogP contribution in [0.15, 0.2) is 0 Å². The number of amides is 1. The Labute approximate surface area is 299 Å². The summed E-state index contributed by atoms with van der Waals surface area (Å²) in [5.41, 5.74) is -1.61. The fraction of sp³-hybridized carbons (Fsp3) is 0.878. The van der Waals surface area contributed by atoms with Crippen molar-refractivity contribution < 1.29 is 38.7 Å². The van der Waals surface area contributed by atoms with Crippen molar-refractivity contribution in [1.29, 1.82) is 0 Å². The zero-order valence-electron chi connectivity index (χ0n) is 31.8. The van der Waals surface area contributed by atoms with Gasteiger partial charge in [-0.3, -0.25) is 9.59 Å². The van der Waals surface area contributed by atoms with Crippen LogP contribution in [0.5, 0.6) is 0 Å². The summed E-state index contributed by atoms with van der Waals surface area (Å²) < 4.78 is 25.3. The summed E-state index contributed by atoms with van der Waals surface area (Å²) in [6.45, 7) is 18.2. The summed E-state index contributed by atoms with van der Waals surface area (Å²) in [6.07, 6.45) is 10.5. The number of hydrogen-bond donors (Lipinski definition) is 2. The van der Waals surface area contributed by atoms with Gasteiger partial charge in [0.05, 0.1) is 31.0 Å². The highest BCUT2D eigenvalue weighted by Gasteiger charge is 2.85. The number of carbonyl (C=O) groups is 2. The average Bonchev–Trinajstić information content (AvgIpc) is 3.96. The minimum absolute atomic E-state index is 0.0417. The number of aliphatic hydroxyl groups excluding tert-OH is 1. The SMILES string of the molecule is CC(=O)O[C@@H]([C]1C[C@@H](C)[C@H]2[C](O1)[C@H](O)[C@@]1(C)[C]3CC[C@H]4C(C)(C)[C@@H](O[C@H]5CN(C(=O)CC6CC6)CCO5)CC[C@@]45C[C@@]35CC[C@]21C)C(C)(C)O. The average molecular weight is 697 g/mol. The maximum absolute atomic E-state index is 12.9. The molecule has 8 aliphatic rings. The van der Waals surface area contributed by atoms with Crippen LogP contribution in [0.1, 0.15) is 126 Å². The highest BCUT2D eigenvalue weighted by Crippen LogP contribution is 2.90. The lowest BCUT2D eigenvalue weighted by molar-refractivity contribution is -0.242. The lowest BCUT2D eigenvalue weighted by atomic mass is 9.41. The van der Waals surface area contributed by atoms with Gasteiger partial charge in [0.25, 0.3) is 0 Å². The molecule has 2 aliphatic heterocycles. The Bertz CT molecular complexity index is 1370. The molecule has 279 valence electrons. The lowest BCUT2D eigenvalue weighted by Crippen LogP contribution is -2.59. The third-order valence-corrected chi connectivity index (χ3v) is 16.1. The van der Waals surface area contributed by atoms with Gasteiger partial charge in [0.15, 0.2) is 12.4 Å². The highest BCUT2D eigenvalue weighted by molar-refractivity contribution is 5.76. The zero-order valence-corrected chi connectivity index (χ0v) is 31.8. The largest absolute Gasteiger partial charge is 0.456 e. The van der Waals surface area contributed by atoms with Gasteiger partial charge in [0.1, 0.15) is 12.2 Å². The fourth-order valence-electron chi connectivity index (χ4n) is 13.4. The molecule has 2 saturated heterocycles. The molecule has 50 heavy (non-hydrogen) atoms. The Morgan fingerprint density at radius 1 is 1.08 bits per heavy atom. The van der Waals surface area contributed by atoms with Gasteiger partial charge in [0, 0.05) is 31.2 Å². The number of morpholine rings is 1. The maximum atomic E-state index is 12.9. The topological polar surface area (TPSA) is 115 Å². The Morgan fingerprint density at radius 2 is 1.82 bits per heavy atom. The summed E-state index contributed by atoms with van der Waals surface area (Å²) in [4.78, 5) is 27.0. The Morgan fingerprint density at radius 3 is 2.50 bits per heavy atom. The molecule has 9 nitrogen and oxygen atoms in total. The first-order chi connectivity index (χ1) is 23.4. The number of nitrogens with zero attached hydrogens (tertiary/aromatic N) is 1. The summed E-state index contributed by atoms with van der Waals surface area (Å²) in [7, 11) is 0. The molecular formula is C41H62NO8. The van der Waals surface area contributed by atoms with Crippen molar-refractivity contribution in [1.82, 2.24) is 4.90 Å². The number of ether oxygens (including phenoxy) is 4. The first-order valence-electron chi connectivity index (χ1n) is 19.8. The van der Waals surface area contributed by atoms with Crippen LogP contribution in [-0.2, 0) is 28.5 Å². The number of esters is 1. The zero-order chi connectivity index (χ0) is 35.8. The predicted octanol–water partition coefficient (Wildman–Crippen LogP) is 6.16. The van der Waals surface area contributed by atoms with Gasteiger partial charge in [-0.25, -0.2) is 0 Å². The van der Waals surface area contributed by atoms with E-state index in [1.807, 2.05) is 4.90 Å². The summed E-state index contributed by atoms with van der Waals surface area (Å²) in [5, 5.41) is 23.5. The van der Waals surface area contributed by atoms with Crippen molar-refractivity contribution in [2.45, 2.75) is 156 Å². The molecule has 3 radical (unpaired) electrons. The van der Waals surface area contributed by atoms with Crippen LogP contribution in [0, 0.1) is 68.9 Å². The van der Waals surface area contributed by atoms with Crippen LogP contribution >= 0.6 is 0 Å². The third kappa shape index (κ3) is 5.01. The molecule has 1 amide bonds. The molecule has 6 aliphatic carbocycles. The van der Waals surface area contributed by atoms with E-state index in [9.17, 15) is 19.8 Å². The van der Waals surface area contributed by atoms with Crippen LogP contribution in [0.4, 0.5) is 0 Å². The quantitative estimate of drug-likeness (QED) is 0.305. The number of rotatable bonds is 7. The van der Waals surface area contributed by atoms with Crippen molar-refractivity contribution in [2.75, 3.05) is 19.7 Å². The summed E-state index contributed by atoms with van der Waals surface area (Å²) in [6, 6.07) is 0. The van der Waals surface area contributed by atoms with Crippen molar-refractivity contribution in [3.8, 4) is 0 Å². The molecule has 0 unspecified atom stereocenters. The molecule has 8 fully saturated rings. The van der Waals surface area contributed by atoms with Crippen molar-refractivity contribution in [3.05, 3.63) is 18.1 Å². The number of carbonyl (C=O) groups excluding carboxylic acids is 2. The van der Waals surface area contributed by atoms with Crippen LogP contribution in [0.3, 0.4) is 0 Å². The van der Waals surface area contributed by atoms with Crippen LogP contribution < -0.4 is 0 Å². The van der Waals surface area contributed by atoms with E-state index in [2.05, 4.69) is 34.6 Å². The molecule has 9 heteroatoms. The van der Waals surface area contributed by atoms with E-state index in [-0.39, 0.29) is 51.8 Å². The van der Waals surface area contributed by atoms with Gasteiger partial charge in [-0.2, -0.15) is 0 Å². The molecule has 2 spiro atoms. The van der Waals surface area contributed by atoms with Gasteiger partial charge < -0.3 is 34.1 Å². The second-order valence-corrected chi connectivity index (χ2v) is 19.6. The minimum Gasteiger partial charge on any atom is -0.456 e. The van der Waals surface area contributed by atoms with Gasteiger partial charge in [-0.1, -0.05) is 34.6 Å².